The number of rotatable bonds is 5. The van der Waals surface area contributed by atoms with Gasteiger partial charge in [-0.1, -0.05) is 0 Å². The van der Waals surface area contributed by atoms with Crippen molar-refractivity contribution in [1.82, 2.24) is 20.3 Å². The second-order valence-corrected chi connectivity index (χ2v) is 5.83. The minimum absolute atomic E-state index is 0.110. The molecule has 3 heterocycles. The van der Waals surface area contributed by atoms with Crippen LogP contribution in [0.15, 0.2) is 0 Å². The maximum absolute atomic E-state index is 12.1. The molecular weight excluding hydrogens is 292 g/mol. The predicted octanol–water partition coefficient (Wildman–Crippen LogP) is -0.686. The Morgan fingerprint density at radius 2 is 2.18 bits per heavy atom. The number of likely N-dealkylation sites (tertiary alicyclic amines) is 1. The molecule has 0 aromatic carbocycles. The van der Waals surface area contributed by atoms with Gasteiger partial charge in [-0.25, -0.2) is 15.3 Å². The summed E-state index contributed by atoms with van der Waals surface area (Å²) in [5, 5.41) is 10.3. The molecule has 122 valence electrons. The number of hydrogen-bond donors (Lipinski definition) is 2. The number of carbonyl (C=O) groups is 3. The van der Waals surface area contributed by atoms with E-state index < -0.39 is 18.0 Å². The Balaban J connectivity index is 1.42. The van der Waals surface area contributed by atoms with Gasteiger partial charge in [0.05, 0.1) is 12.6 Å². The monoisotopic (exact) mass is 312 g/mol. The van der Waals surface area contributed by atoms with Crippen molar-refractivity contribution in [1.29, 1.82) is 0 Å². The van der Waals surface area contributed by atoms with E-state index in [1.807, 2.05) is 0 Å². The Morgan fingerprint density at radius 1 is 1.36 bits per heavy atom. The van der Waals surface area contributed by atoms with Gasteiger partial charge in [-0.15, -0.1) is 0 Å². The fraction of sp³-hybridized carbons (Fsp3) is 0.769. The van der Waals surface area contributed by atoms with E-state index in [0.717, 1.165) is 13.0 Å². The third-order valence-electron chi connectivity index (χ3n) is 4.45. The highest BCUT2D eigenvalue weighted by Crippen LogP contribution is 2.28. The Labute approximate surface area is 127 Å². The van der Waals surface area contributed by atoms with Crippen molar-refractivity contribution in [2.75, 3.05) is 26.2 Å². The van der Waals surface area contributed by atoms with Crippen molar-refractivity contribution in [2.24, 2.45) is 0 Å². The number of nitrogens with one attached hydrogen (secondary N) is 1. The van der Waals surface area contributed by atoms with Gasteiger partial charge in [-0.2, -0.15) is 0 Å². The highest BCUT2D eigenvalue weighted by atomic mass is 16.7. The number of nitrogens with zero attached hydrogens (tertiary/aromatic N) is 3. The summed E-state index contributed by atoms with van der Waals surface area (Å²) >= 11 is 0. The van der Waals surface area contributed by atoms with E-state index in [1.165, 1.54) is 4.90 Å². The van der Waals surface area contributed by atoms with E-state index >= 15 is 0 Å². The zero-order valence-corrected chi connectivity index (χ0v) is 12.2. The molecule has 0 aliphatic carbocycles. The lowest BCUT2D eigenvalue weighted by Gasteiger charge is -2.29. The van der Waals surface area contributed by atoms with E-state index in [1.54, 1.807) is 4.90 Å². The van der Waals surface area contributed by atoms with Crippen LogP contribution in [0.5, 0.6) is 0 Å². The van der Waals surface area contributed by atoms with Crippen LogP contribution in [0.1, 0.15) is 25.7 Å². The molecule has 9 heteroatoms. The molecule has 3 rings (SSSR count). The predicted molar refractivity (Wildman–Crippen MR) is 72.4 cm³/mol. The molecular formula is C13H20N4O5. The Bertz CT molecular complexity index is 485. The van der Waals surface area contributed by atoms with E-state index in [9.17, 15) is 19.6 Å². The third kappa shape index (κ3) is 2.73. The summed E-state index contributed by atoms with van der Waals surface area (Å²) in [5.41, 5.74) is 2.34. The molecule has 2 bridgehead atoms. The van der Waals surface area contributed by atoms with Gasteiger partial charge >= 0.3 is 6.03 Å². The van der Waals surface area contributed by atoms with Crippen LogP contribution in [0.2, 0.25) is 0 Å². The highest BCUT2D eigenvalue weighted by Gasteiger charge is 2.46. The second-order valence-electron chi connectivity index (χ2n) is 5.83. The normalized spacial score (nSPS) is 27.8. The van der Waals surface area contributed by atoms with Crippen LogP contribution in [-0.2, 0) is 14.4 Å². The van der Waals surface area contributed by atoms with Gasteiger partial charge in [0.25, 0.3) is 5.91 Å². The quantitative estimate of drug-likeness (QED) is 0.397. The maximum atomic E-state index is 12.1. The van der Waals surface area contributed by atoms with Gasteiger partial charge in [-0.05, 0) is 19.3 Å². The van der Waals surface area contributed by atoms with Gasteiger partial charge in [0.1, 0.15) is 6.04 Å². The molecule has 0 spiro atoms. The molecule has 2 atom stereocenters. The van der Waals surface area contributed by atoms with E-state index in [-0.39, 0.29) is 18.6 Å². The minimum Gasteiger partial charge on any atom is -0.340 e. The summed E-state index contributed by atoms with van der Waals surface area (Å²) in [6.07, 6.45) is 2.51. The number of piperidine rings is 1. The van der Waals surface area contributed by atoms with Crippen LogP contribution >= 0.6 is 0 Å². The van der Waals surface area contributed by atoms with Crippen LogP contribution in [0.25, 0.3) is 0 Å². The lowest BCUT2D eigenvalue weighted by atomic mass is 10.0. The molecule has 9 nitrogen and oxygen atoms in total. The van der Waals surface area contributed by atoms with Crippen LogP contribution in [0, 0.1) is 0 Å². The first-order valence-corrected chi connectivity index (χ1v) is 7.56. The SMILES string of the molecule is O=C(NOCCN1CCCC1=O)[C@@H]1CC[C@@H]2CN1C(=O)N2O. The molecule has 0 unspecified atom stereocenters. The van der Waals surface area contributed by atoms with Crippen LogP contribution < -0.4 is 5.48 Å². The summed E-state index contributed by atoms with van der Waals surface area (Å²) in [6, 6.07) is -1.38. The number of hydrogen-bond acceptors (Lipinski definition) is 5. The van der Waals surface area contributed by atoms with Crippen molar-refractivity contribution < 1.29 is 24.4 Å². The smallest absolute Gasteiger partial charge is 0.340 e. The summed E-state index contributed by atoms with van der Waals surface area (Å²) in [6.45, 7) is 1.75. The number of fused-ring (bicyclic) bond motifs is 2. The second kappa shape index (κ2) is 6.09. The zero-order chi connectivity index (χ0) is 15.7. The van der Waals surface area contributed by atoms with Crippen molar-refractivity contribution in [2.45, 2.75) is 37.8 Å². The van der Waals surface area contributed by atoms with Gasteiger partial charge in [-0.3, -0.25) is 19.6 Å². The Hall–Kier alpha value is -1.87. The van der Waals surface area contributed by atoms with Crippen LogP contribution in [-0.4, -0.2) is 76.2 Å². The summed E-state index contributed by atoms with van der Waals surface area (Å²) in [7, 11) is 0. The molecule has 3 saturated heterocycles. The molecule has 3 fully saturated rings. The maximum Gasteiger partial charge on any atom is 0.344 e. The fourth-order valence-electron chi connectivity index (χ4n) is 3.21. The first-order valence-electron chi connectivity index (χ1n) is 7.56. The standard InChI is InChI=1S/C13H20N4O5/c18-11-2-1-5-15(11)6-7-22-14-12(19)10-4-3-9-8-16(10)13(20)17(9)21/h9-10,21H,1-8H2,(H,14,19)/t9-,10+/m1/s1. The molecule has 0 aromatic heterocycles. The molecule has 0 aromatic rings. The third-order valence-corrected chi connectivity index (χ3v) is 4.45. The van der Waals surface area contributed by atoms with Crippen LogP contribution in [0.4, 0.5) is 4.79 Å². The number of hydroxylamine groups is 3. The minimum atomic E-state index is -0.616. The molecule has 22 heavy (non-hydrogen) atoms. The topological polar surface area (TPSA) is 102 Å². The summed E-state index contributed by atoms with van der Waals surface area (Å²) in [4.78, 5) is 43.5. The van der Waals surface area contributed by atoms with Crippen molar-refractivity contribution >= 4 is 17.8 Å². The lowest BCUT2D eigenvalue weighted by molar-refractivity contribution is -0.139. The van der Waals surface area contributed by atoms with Crippen LogP contribution in [0.3, 0.4) is 0 Å². The number of amides is 4. The molecule has 3 aliphatic heterocycles. The first kappa shape index (κ1) is 15.0. The molecule has 0 saturated carbocycles. The number of urea groups is 1. The van der Waals surface area contributed by atoms with E-state index in [0.29, 0.717) is 37.4 Å². The van der Waals surface area contributed by atoms with Gasteiger partial charge in [0.15, 0.2) is 0 Å². The zero-order valence-electron chi connectivity index (χ0n) is 12.2. The molecule has 2 N–H and O–H groups in total. The van der Waals surface area contributed by atoms with Gasteiger partial charge in [0.2, 0.25) is 5.91 Å². The van der Waals surface area contributed by atoms with Crippen molar-refractivity contribution in [3.8, 4) is 0 Å². The van der Waals surface area contributed by atoms with Crippen molar-refractivity contribution in [3.05, 3.63) is 0 Å². The first-order chi connectivity index (χ1) is 10.6. The highest BCUT2D eigenvalue weighted by molar-refractivity contribution is 5.87. The Kier molecular flexibility index (Phi) is 4.16. The van der Waals surface area contributed by atoms with Crippen molar-refractivity contribution in [3.63, 3.8) is 0 Å². The number of carbonyl (C=O) groups excluding carboxylic acids is 3. The molecule has 0 radical (unpaired) electrons. The van der Waals surface area contributed by atoms with Gasteiger partial charge < -0.3 is 9.80 Å². The average Bonchev–Trinajstić information content (AvgIpc) is 3.02. The molecule has 3 aliphatic rings. The fourth-order valence-corrected chi connectivity index (χ4v) is 3.21. The molecule has 4 amide bonds. The summed E-state index contributed by atoms with van der Waals surface area (Å²) in [5.74, 6) is -0.284. The average molecular weight is 312 g/mol. The largest absolute Gasteiger partial charge is 0.344 e. The Morgan fingerprint density at radius 3 is 2.91 bits per heavy atom. The van der Waals surface area contributed by atoms with E-state index in [4.69, 9.17) is 4.84 Å². The lowest BCUT2D eigenvalue weighted by Crippen LogP contribution is -2.50. The van der Waals surface area contributed by atoms with E-state index in [2.05, 4.69) is 5.48 Å². The van der Waals surface area contributed by atoms with Gasteiger partial charge in [0, 0.05) is 26.1 Å². The summed E-state index contributed by atoms with van der Waals surface area (Å²) < 4.78 is 0.